The second kappa shape index (κ2) is 4.78. The van der Waals surface area contributed by atoms with Gasteiger partial charge in [-0.15, -0.1) is 0 Å². The monoisotopic (exact) mass is 260 g/mol. The lowest BCUT2D eigenvalue weighted by atomic mass is 9.66. The molecule has 4 fully saturated rings. The van der Waals surface area contributed by atoms with Crippen LogP contribution in [-0.2, 0) is 0 Å². The molecule has 0 nitrogen and oxygen atoms in total. The van der Waals surface area contributed by atoms with Crippen LogP contribution in [0.2, 0.25) is 0 Å². The predicted molar refractivity (Wildman–Crippen MR) is 80.8 cm³/mol. The third-order valence-corrected chi connectivity index (χ3v) is 7.68. The van der Waals surface area contributed by atoms with E-state index in [4.69, 9.17) is 0 Å². The lowest BCUT2D eigenvalue weighted by Gasteiger charge is -2.39. The molecular formula is C19H32. The van der Waals surface area contributed by atoms with Gasteiger partial charge in [0.15, 0.2) is 0 Å². The van der Waals surface area contributed by atoms with Gasteiger partial charge < -0.3 is 0 Å². The van der Waals surface area contributed by atoms with Gasteiger partial charge in [-0.25, -0.2) is 0 Å². The quantitative estimate of drug-likeness (QED) is 0.571. The van der Waals surface area contributed by atoms with Gasteiger partial charge in [-0.2, -0.15) is 0 Å². The Kier molecular flexibility index (Phi) is 3.20. The van der Waals surface area contributed by atoms with E-state index in [1.54, 1.807) is 38.5 Å². The summed E-state index contributed by atoms with van der Waals surface area (Å²) in [7, 11) is 0. The fourth-order valence-corrected chi connectivity index (χ4v) is 7.17. The highest BCUT2D eigenvalue weighted by Crippen LogP contribution is 2.69. The Morgan fingerprint density at radius 1 is 0.895 bits per heavy atom. The first-order valence-corrected chi connectivity index (χ1v) is 9.28. The Morgan fingerprint density at radius 2 is 1.68 bits per heavy atom. The summed E-state index contributed by atoms with van der Waals surface area (Å²) in [5.74, 6) is 9.28. The first-order valence-electron chi connectivity index (χ1n) is 9.28. The zero-order chi connectivity index (χ0) is 13.0. The molecule has 108 valence electrons. The van der Waals surface area contributed by atoms with Crippen LogP contribution in [0.15, 0.2) is 0 Å². The van der Waals surface area contributed by atoms with Crippen LogP contribution in [-0.4, -0.2) is 0 Å². The van der Waals surface area contributed by atoms with E-state index in [0.29, 0.717) is 0 Å². The molecule has 8 unspecified atom stereocenters. The molecule has 0 aliphatic heterocycles. The van der Waals surface area contributed by atoms with Gasteiger partial charge in [0, 0.05) is 0 Å². The predicted octanol–water partition coefficient (Wildman–Crippen LogP) is 5.52. The molecule has 19 heavy (non-hydrogen) atoms. The molecule has 0 aromatic rings. The molecule has 0 radical (unpaired) electrons. The van der Waals surface area contributed by atoms with Crippen molar-refractivity contribution in [2.45, 2.75) is 71.6 Å². The molecule has 0 heterocycles. The normalized spacial score (nSPS) is 51.8. The Labute approximate surface area is 119 Å². The van der Waals surface area contributed by atoms with Crippen molar-refractivity contribution in [2.24, 2.45) is 47.3 Å². The topological polar surface area (TPSA) is 0 Å². The molecule has 0 amide bonds. The molecular weight excluding hydrogens is 228 g/mol. The van der Waals surface area contributed by atoms with Crippen molar-refractivity contribution in [1.29, 1.82) is 0 Å². The van der Waals surface area contributed by atoms with Gasteiger partial charge in [0.2, 0.25) is 0 Å². The summed E-state index contributed by atoms with van der Waals surface area (Å²) in [6.45, 7) is 4.82. The van der Waals surface area contributed by atoms with E-state index in [9.17, 15) is 0 Å². The van der Waals surface area contributed by atoms with Gasteiger partial charge in [0.05, 0.1) is 0 Å². The number of hydrogen-bond donors (Lipinski definition) is 0. The molecule has 4 rings (SSSR count). The van der Waals surface area contributed by atoms with E-state index in [2.05, 4.69) is 13.8 Å². The van der Waals surface area contributed by atoms with Crippen molar-refractivity contribution in [2.75, 3.05) is 0 Å². The molecule has 4 saturated carbocycles. The number of fused-ring (bicyclic) bond motifs is 9. The van der Waals surface area contributed by atoms with Crippen molar-refractivity contribution in [3.05, 3.63) is 0 Å². The van der Waals surface area contributed by atoms with E-state index in [-0.39, 0.29) is 0 Å². The van der Waals surface area contributed by atoms with Gasteiger partial charge in [0.1, 0.15) is 0 Å². The number of rotatable bonds is 5. The van der Waals surface area contributed by atoms with Crippen LogP contribution < -0.4 is 0 Å². The minimum atomic E-state index is 0.986. The average molecular weight is 260 g/mol. The SMILES string of the molecule is CCCC(C)CCC1CC2CC1C1C3CCC(C3)C21. The van der Waals surface area contributed by atoms with Gasteiger partial charge in [-0.05, 0) is 85.9 Å². The lowest BCUT2D eigenvalue weighted by molar-refractivity contribution is 0.0978. The Hall–Kier alpha value is 0. The molecule has 4 bridgehead atoms. The lowest BCUT2D eigenvalue weighted by Crippen LogP contribution is -2.32. The van der Waals surface area contributed by atoms with Crippen LogP contribution in [0.25, 0.3) is 0 Å². The smallest absolute Gasteiger partial charge is 0.0321 e. The van der Waals surface area contributed by atoms with Crippen LogP contribution in [0.5, 0.6) is 0 Å². The largest absolute Gasteiger partial charge is 0.0654 e. The second-order valence-corrected chi connectivity index (χ2v) is 8.61. The maximum atomic E-state index is 2.48. The van der Waals surface area contributed by atoms with Gasteiger partial charge >= 0.3 is 0 Å². The Bertz CT molecular complexity index is 333. The summed E-state index contributed by atoms with van der Waals surface area (Å²) < 4.78 is 0. The molecule has 4 aliphatic rings. The minimum Gasteiger partial charge on any atom is -0.0654 e. The molecule has 0 aromatic carbocycles. The molecule has 0 heteroatoms. The summed E-state index contributed by atoms with van der Waals surface area (Å²) in [6, 6.07) is 0. The average Bonchev–Trinajstić information content (AvgIpc) is 3.14. The zero-order valence-electron chi connectivity index (χ0n) is 13.0. The zero-order valence-corrected chi connectivity index (χ0v) is 13.0. The van der Waals surface area contributed by atoms with Gasteiger partial charge in [-0.3, -0.25) is 0 Å². The van der Waals surface area contributed by atoms with Crippen LogP contribution in [0.1, 0.15) is 71.6 Å². The van der Waals surface area contributed by atoms with Crippen LogP contribution >= 0.6 is 0 Å². The third-order valence-electron chi connectivity index (χ3n) is 7.68. The van der Waals surface area contributed by atoms with Crippen LogP contribution in [0.4, 0.5) is 0 Å². The number of hydrogen-bond acceptors (Lipinski definition) is 0. The summed E-state index contributed by atoms with van der Waals surface area (Å²) in [4.78, 5) is 0. The third kappa shape index (κ3) is 1.92. The maximum Gasteiger partial charge on any atom is -0.0321 e. The molecule has 0 spiro atoms. The first kappa shape index (κ1) is 12.7. The van der Waals surface area contributed by atoms with E-state index in [0.717, 1.165) is 11.8 Å². The minimum absolute atomic E-state index is 0.986. The van der Waals surface area contributed by atoms with Gasteiger partial charge in [-0.1, -0.05) is 33.1 Å². The molecule has 4 aliphatic carbocycles. The van der Waals surface area contributed by atoms with E-state index in [1.165, 1.54) is 54.8 Å². The summed E-state index contributed by atoms with van der Waals surface area (Å²) >= 11 is 0. The molecule has 0 N–H and O–H groups in total. The highest BCUT2D eigenvalue weighted by atomic mass is 14.7. The van der Waals surface area contributed by atoms with E-state index in [1.807, 2.05) is 0 Å². The molecule has 8 atom stereocenters. The Morgan fingerprint density at radius 3 is 2.47 bits per heavy atom. The van der Waals surface area contributed by atoms with Crippen molar-refractivity contribution in [1.82, 2.24) is 0 Å². The molecule has 0 aromatic heterocycles. The Balaban J connectivity index is 1.37. The summed E-state index contributed by atoms with van der Waals surface area (Å²) in [6.07, 6.45) is 14.1. The summed E-state index contributed by atoms with van der Waals surface area (Å²) in [5.41, 5.74) is 0. The van der Waals surface area contributed by atoms with Crippen LogP contribution in [0.3, 0.4) is 0 Å². The first-order chi connectivity index (χ1) is 9.28. The van der Waals surface area contributed by atoms with Crippen molar-refractivity contribution in [3.8, 4) is 0 Å². The fourth-order valence-electron chi connectivity index (χ4n) is 7.17. The summed E-state index contributed by atoms with van der Waals surface area (Å²) in [5, 5.41) is 0. The fraction of sp³-hybridized carbons (Fsp3) is 1.00. The standard InChI is InChI=1S/C19H32/c1-3-4-12(2)5-6-13-9-16-11-17(13)19-15-8-7-14(10-15)18(16)19/h12-19H,3-11H2,1-2H3. The molecule has 0 saturated heterocycles. The second-order valence-electron chi connectivity index (χ2n) is 8.61. The van der Waals surface area contributed by atoms with Gasteiger partial charge in [0.25, 0.3) is 0 Å². The highest BCUT2D eigenvalue weighted by molar-refractivity contribution is 5.10. The van der Waals surface area contributed by atoms with Crippen molar-refractivity contribution < 1.29 is 0 Å². The maximum absolute atomic E-state index is 2.48. The van der Waals surface area contributed by atoms with Crippen LogP contribution in [0, 0.1) is 47.3 Å². The van der Waals surface area contributed by atoms with E-state index < -0.39 is 0 Å². The van der Waals surface area contributed by atoms with Crippen molar-refractivity contribution in [3.63, 3.8) is 0 Å². The van der Waals surface area contributed by atoms with E-state index >= 15 is 0 Å². The highest BCUT2D eigenvalue weighted by Gasteiger charge is 2.61. The van der Waals surface area contributed by atoms with Crippen molar-refractivity contribution >= 4 is 0 Å².